The maximum atomic E-state index is 13.3. The van der Waals surface area contributed by atoms with E-state index in [1.807, 2.05) is 31.2 Å². The molecule has 2 aromatic heterocycles. The van der Waals surface area contributed by atoms with E-state index in [0.29, 0.717) is 10.8 Å². The van der Waals surface area contributed by atoms with Crippen molar-refractivity contribution in [2.45, 2.75) is 18.6 Å². The molecule has 0 spiro atoms. The first kappa shape index (κ1) is 20.7. The maximum absolute atomic E-state index is 13.3. The third-order valence-corrected chi connectivity index (χ3v) is 5.46. The topological polar surface area (TPSA) is 89.8 Å². The molecule has 7 nitrogen and oxygen atoms in total. The summed E-state index contributed by atoms with van der Waals surface area (Å²) in [5, 5.41) is 3.16. The van der Waals surface area contributed by atoms with Gasteiger partial charge in [-0.1, -0.05) is 41.6 Å². The van der Waals surface area contributed by atoms with Gasteiger partial charge in [0.25, 0.3) is 5.56 Å². The summed E-state index contributed by atoms with van der Waals surface area (Å²) in [6.07, 6.45) is 2.88. The van der Waals surface area contributed by atoms with Crippen LogP contribution in [0.3, 0.4) is 0 Å². The van der Waals surface area contributed by atoms with Crippen LogP contribution in [0, 0.1) is 12.7 Å². The Morgan fingerprint density at radius 2 is 1.77 bits per heavy atom. The van der Waals surface area contributed by atoms with Crippen molar-refractivity contribution in [3.8, 4) is 0 Å². The Bertz CT molecular complexity index is 1290. The van der Waals surface area contributed by atoms with E-state index in [-0.39, 0.29) is 40.7 Å². The average Bonchev–Trinajstić information content (AvgIpc) is 2.77. The highest BCUT2D eigenvalue weighted by molar-refractivity contribution is 7.99. The molecule has 2 heterocycles. The number of nitrogens with one attached hydrogen (secondary N) is 1. The van der Waals surface area contributed by atoms with Crippen LogP contribution >= 0.6 is 11.8 Å². The monoisotopic (exact) mass is 435 g/mol. The zero-order chi connectivity index (χ0) is 21.8. The molecule has 2 aromatic carbocycles. The molecule has 31 heavy (non-hydrogen) atoms. The maximum Gasteiger partial charge on any atom is 0.282 e. The summed E-state index contributed by atoms with van der Waals surface area (Å²) in [6, 6.07) is 13.3. The molecule has 0 bridgehead atoms. The molecule has 156 valence electrons. The molecule has 0 fully saturated rings. The number of aromatic nitrogens is 4. The number of halogens is 1. The van der Waals surface area contributed by atoms with Gasteiger partial charge in [0.1, 0.15) is 5.82 Å². The van der Waals surface area contributed by atoms with Crippen molar-refractivity contribution in [2.24, 2.45) is 0 Å². The number of carbonyl (C=O) groups excluding carboxylic acids is 1. The molecule has 0 saturated heterocycles. The van der Waals surface area contributed by atoms with Gasteiger partial charge in [0, 0.05) is 18.1 Å². The third kappa shape index (κ3) is 4.95. The second kappa shape index (κ2) is 9.05. The normalized spacial score (nSPS) is 10.9. The summed E-state index contributed by atoms with van der Waals surface area (Å²) in [5.74, 6) is -0.535. The summed E-state index contributed by atoms with van der Waals surface area (Å²) in [6.45, 7) is 2.14. The van der Waals surface area contributed by atoms with Crippen LogP contribution in [-0.2, 0) is 11.3 Å². The number of nitrogens with zero attached hydrogens (tertiary/aromatic N) is 4. The van der Waals surface area contributed by atoms with Gasteiger partial charge in [0.15, 0.2) is 16.3 Å². The average molecular weight is 435 g/mol. The summed E-state index contributed by atoms with van der Waals surface area (Å²) < 4.78 is 14.7. The minimum Gasteiger partial charge on any atom is -0.325 e. The number of hydrogen-bond donors (Lipinski definition) is 1. The van der Waals surface area contributed by atoms with Crippen molar-refractivity contribution in [2.75, 3.05) is 11.1 Å². The van der Waals surface area contributed by atoms with E-state index in [2.05, 4.69) is 20.3 Å². The van der Waals surface area contributed by atoms with E-state index < -0.39 is 0 Å². The number of anilines is 1. The fraction of sp³-hybridized carbons (Fsp3) is 0.136. The number of amides is 1. The van der Waals surface area contributed by atoms with Gasteiger partial charge >= 0.3 is 0 Å². The van der Waals surface area contributed by atoms with E-state index in [1.54, 1.807) is 12.1 Å². The predicted molar refractivity (Wildman–Crippen MR) is 118 cm³/mol. The van der Waals surface area contributed by atoms with Crippen molar-refractivity contribution in [3.05, 3.63) is 88.2 Å². The number of thioether (sulfide) groups is 1. The van der Waals surface area contributed by atoms with Crippen LogP contribution in [-0.4, -0.2) is 31.2 Å². The zero-order valence-corrected chi connectivity index (χ0v) is 17.4. The van der Waals surface area contributed by atoms with Gasteiger partial charge in [-0.25, -0.2) is 19.3 Å². The molecule has 0 atom stereocenters. The fourth-order valence-corrected chi connectivity index (χ4v) is 3.70. The van der Waals surface area contributed by atoms with Crippen LogP contribution in [0.4, 0.5) is 10.1 Å². The number of rotatable bonds is 6. The Labute approximate surface area is 181 Å². The molecule has 4 rings (SSSR count). The quantitative estimate of drug-likeness (QED) is 0.369. The molecule has 0 aliphatic rings. The first-order valence-electron chi connectivity index (χ1n) is 9.45. The molecule has 0 unspecified atom stereocenters. The molecule has 1 amide bonds. The van der Waals surface area contributed by atoms with Gasteiger partial charge in [0.2, 0.25) is 5.91 Å². The van der Waals surface area contributed by atoms with Crippen LogP contribution in [0.2, 0.25) is 0 Å². The second-order valence-electron chi connectivity index (χ2n) is 6.84. The number of benzene rings is 2. The highest BCUT2D eigenvalue weighted by Gasteiger charge is 2.15. The lowest BCUT2D eigenvalue weighted by atomic mass is 10.2. The van der Waals surface area contributed by atoms with E-state index in [4.69, 9.17) is 0 Å². The predicted octanol–water partition coefficient (Wildman–Crippen LogP) is 3.41. The Hall–Kier alpha value is -3.59. The lowest BCUT2D eigenvalue weighted by Crippen LogP contribution is -2.25. The number of aryl methyl sites for hydroxylation is 1. The van der Waals surface area contributed by atoms with E-state index >= 15 is 0 Å². The van der Waals surface area contributed by atoms with Crippen LogP contribution in [0.15, 0.2) is 70.9 Å². The SMILES string of the molecule is Cc1ccc(NC(=O)CSc2nc3nccnc3c(=O)n2Cc2ccc(F)cc2)cc1. The molecule has 0 aliphatic heterocycles. The minimum absolute atomic E-state index is 0.0511. The third-order valence-electron chi connectivity index (χ3n) is 4.48. The Morgan fingerprint density at radius 1 is 1.06 bits per heavy atom. The van der Waals surface area contributed by atoms with Crippen LogP contribution in [0.1, 0.15) is 11.1 Å². The van der Waals surface area contributed by atoms with Gasteiger partial charge in [-0.3, -0.25) is 14.2 Å². The van der Waals surface area contributed by atoms with Crippen LogP contribution in [0.5, 0.6) is 0 Å². The number of fused-ring (bicyclic) bond motifs is 1. The van der Waals surface area contributed by atoms with Crippen LogP contribution in [0.25, 0.3) is 11.2 Å². The second-order valence-corrected chi connectivity index (χ2v) is 7.79. The zero-order valence-electron chi connectivity index (χ0n) is 16.6. The summed E-state index contributed by atoms with van der Waals surface area (Å²) >= 11 is 1.13. The van der Waals surface area contributed by atoms with Crippen LogP contribution < -0.4 is 10.9 Å². The van der Waals surface area contributed by atoms with Crippen molar-refractivity contribution < 1.29 is 9.18 Å². The van der Waals surface area contributed by atoms with E-state index in [9.17, 15) is 14.0 Å². The molecule has 1 N–H and O–H groups in total. The van der Waals surface area contributed by atoms with E-state index in [0.717, 1.165) is 22.9 Å². The van der Waals surface area contributed by atoms with E-state index in [1.165, 1.54) is 29.1 Å². The van der Waals surface area contributed by atoms with Gasteiger partial charge in [-0.05, 0) is 36.8 Å². The first-order valence-corrected chi connectivity index (χ1v) is 10.4. The smallest absolute Gasteiger partial charge is 0.282 e. The van der Waals surface area contributed by atoms with Crippen molar-refractivity contribution in [3.63, 3.8) is 0 Å². The highest BCUT2D eigenvalue weighted by atomic mass is 32.2. The lowest BCUT2D eigenvalue weighted by Gasteiger charge is -2.12. The Kier molecular flexibility index (Phi) is 6.03. The molecule has 9 heteroatoms. The van der Waals surface area contributed by atoms with Gasteiger partial charge in [0.05, 0.1) is 12.3 Å². The van der Waals surface area contributed by atoms with Crippen molar-refractivity contribution in [1.82, 2.24) is 19.5 Å². The Balaban J connectivity index is 1.60. The largest absolute Gasteiger partial charge is 0.325 e. The van der Waals surface area contributed by atoms with Gasteiger partial charge < -0.3 is 5.32 Å². The van der Waals surface area contributed by atoms with Crippen molar-refractivity contribution in [1.29, 1.82) is 0 Å². The number of carbonyl (C=O) groups is 1. The summed E-state index contributed by atoms with van der Waals surface area (Å²) in [4.78, 5) is 38.1. The molecule has 0 aliphatic carbocycles. The summed E-state index contributed by atoms with van der Waals surface area (Å²) in [5.41, 5.74) is 2.49. The highest BCUT2D eigenvalue weighted by Crippen LogP contribution is 2.18. The summed E-state index contributed by atoms with van der Waals surface area (Å²) in [7, 11) is 0. The Morgan fingerprint density at radius 3 is 2.52 bits per heavy atom. The first-order chi connectivity index (χ1) is 15.0. The molecule has 4 aromatic rings. The molecular weight excluding hydrogens is 417 g/mol. The lowest BCUT2D eigenvalue weighted by molar-refractivity contribution is -0.113. The molecule has 0 saturated carbocycles. The molecule has 0 radical (unpaired) electrons. The molecular formula is C22H18FN5O2S. The minimum atomic E-state index is -0.371. The standard InChI is InChI=1S/C22H18FN5O2S/c1-14-2-8-17(9-3-14)26-18(29)13-31-22-27-20-19(24-10-11-25-20)21(30)28(22)12-15-4-6-16(23)7-5-15/h2-11H,12-13H2,1H3,(H,26,29). The van der Waals surface area contributed by atoms with Crippen molar-refractivity contribution >= 4 is 34.5 Å². The van der Waals surface area contributed by atoms with Gasteiger partial charge in [-0.2, -0.15) is 0 Å². The van der Waals surface area contributed by atoms with Gasteiger partial charge in [-0.15, -0.1) is 0 Å². The number of hydrogen-bond acceptors (Lipinski definition) is 6. The fourth-order valence-electron chi connectivity index (χ4n) is 2.92.